The Morgan fingerprint density at radius 2 is 2.33 bits per heavy atom. The van der Waals surface area contributed by atoms with Crippen LogP contribution in [0.25, 0.3) is 0 Å². The number of aromatic nitrogens is 1. The molecule has 0 aliphatic rings. The quantitative estimate of drug-likeness (QED) is 0.930. The molecule has 0 aromatic carbocycles. The number of thiophene rings is 1. The van der Waals surface area contributed by atoms with E-state index >= 15 is 0 Å². The van der Waals surface area contributed by atoms with Crippen LogP contribution in [0, 0.1) is 0 Å². The van der Waals surface area contributed by atoms with Gasteiger partial charge in [0, 0.05) is 10.3 Å². The molecule has 1 N–H and O–H groups in total. The van der Waals surface area contributed by atoms with Gasteiger partial charge in [-0.3, -0.25) is 4.79 Å². The lowest BCUT2D eigenvalue weighted by Crippen LogP contribution is -2.21. The molecule has 0 spiro atoms. The summed E-state index contributed by atoms with van der Waals surface area (Å²) < 4.78 is 4.14. The molecule has 1 amide bonds. The summed E-state index contributed by atoms with van der Waals surface area (Å²) in [7, 11) is 0. The molecule has 0 unspecified atom stereocenters. The van der Waals surface area contributed by atoms with Crippen LogP contribution in [0.3, 0.4) is 0 Å². The van der Waals surface area contributed by atoms with Crippen molar-refractivity contribution in [3.63, 3.8) is 0 Å². The predicted octanol–water partition coefficient (Wildman–Crippen LogP) is 3.91. The van der Waals surface area contributed by atoms with Crippen molar-refractivity contribution in [2.45, 2.75) is 26.3 Å². The minimum Gasteiger partial charge on any atom is -0.346 e. The molecule has 2 aromatic heterocycles. The highest BCUT2D eigenvalue weighted by atomic mass is 35.5. The number of amides is 1. The molecule has 0 radical (unpaired) electrons. The van der Waals surface area contributed by atoms with Gasteiger partial charge in [-0.2, -0.15) is 4.37 Å². The summed E-state index contributed by atoms with van der Waals surface area (Å²) in [6.07, 6.45) is 0. The van der Waals surface area contributed by atoms with Crippen LogP contribution in [0.4, 0.5) is 0 Å². The van der Waals surface area contributed by atoms with E-state index in [0.717, 1.165) is 10.6 Å². The Morgan fingerprint density at radius 3 is 2.89 bits per heavy atom. The molecule has 3 nitrogen and oxygen atoms in total. The monoisotopic (exact) mass is 300 g/mol. The third-order valence-electron chi connectivity index (χ3n) is 2.38. The standard InChI is InChI=1S/C12H13ClN2OS2/c1-7(2)11-9(13)5-10(18-11)12(16)14-6-8-3-4-17-15-8/h3-5,7H,6H2,1-2H3,(H,14,16). The van der Waals surface area contributed by atoms with Crippen LogP contribution in [0.5, 0.6) is 0 Å². The van der Waals surface area contributed by atoms with E-state index in [2.05, 4.69) is 23.5 Å². The third kappa shape index (κ3) is 3.10. The van der Waals surface area contributed by atoms with Crippen molar-refractivity contribution in [2.24, 2.45) is 0 Å². The first-order chi connectivity index (χ1) is 8.58. The van der Waals surface area contributed by atoms with E-state index in [4.69, 9.17) is 11.6 Å². The zero-order chi connectivity index (χ0) is 13.1. The maximum Gasteiger partial charge on any atom is 0.261 e. The Morgan fingerprint density at radius 1 is 1.56 bits per heavy atom. The van der Waals surface area contributed by atoms with Gasteiger partial charge in [0.05, 0.1) is 22.1 Å². The summed E-state index contributed by atoms with van der Waals surface area (Å²) in [5.41, 5.74) is 0.875. The summed E-state index contributed by atoms with van der Waals surface area (Å²) in [6.45, 7) is 4.58. The normalized spacial score (nSPS) is 10.9. The molecule has 2 rings (SSSR count). The van der Waals surface area contributed by atoms with E-state index in [1.165, 1.54) is 22.9 Å². The molecule has 2 aromatic rings. The lowest BCUT2D eigenvalue weighted by Gasteiger charge is -2.01. The van der Waals surface area contributed by atoms with Crippen molar-refractivity contribution in [3.05, 3.63) is 38.0 Å². The zero-order valence-electron chi connectivity index (χ0n) is 10.1. The second kappa shape index (κ2) is 5.82. The fourth-order valence-electron chi connectivity index (χ4n) is 1.48. The molecule has 0 atom stereocenters. The molecule has 2 heterocycles. The molecule has 0 saturated carbocycles. The van der Waals surface area contributed by atoms with Crippen molar-refractivity contribution >= 4 is 40.4 Å². The second-order valence-corrected chi connectivity index (χ2v) is 6.31. The minimum atomic E-state index is -0.0956. The van der Waals surface area contributed by atoms with Gasteiger partial charge < -0.3 is 5.32 Å². The highest BCUT2D eigenvalue weighted by Crippen LogP contribution is 2.32. The number of halogens is 1. The van der Waals surface area contributed by atoms with Crippen LogP contribution in [0.15, 0.2) is 17.5 Å². The lowest BCUT2D eigenvalue weighted by molar-refractivity contribution is 0.0954. The van der Waals surface area contributed by atoms with E-state index in [1.54, 1.807) is 6.07 Å². The molecule has 0 saturated heterocycles. The average Bonchev–Trinajstić information content (AvgIpc) is 2.94. The Hall–Kier alpha value is -0.910. The van der Waals surface area contributed by atoms with Gasteiger partial charge in [0.15, 0.2) is 0 Å². The van der Waals surface area contributed by atoms with Gasteiger partial charge in [0.1, 0.15) is 0 Å². The molecule has 6 heteroatoms. The highest BCUT2D eigenvalue weighted by Gasteiger charge is 2.15. The zero-order valence-corrected chi connectivity index (χ0v) is 12.5. The molecule has 0 aliphatic carbocycles. The molecule has 96 valence electrons. The van der Waals surface area contributed by atoms with E-state index in [1.807, 2.05) is 11.4 Å². The van der Waals surface area contributed by atoms with E-state index in [9.17, 15) is 4.79 Å². The van der Waals surface area contributed by atoms with E-state index in [-0.39, 0.29) is 5.91 Å². The van der Waals surface area contributed by atoms with Gasteiger partial charge >= 0.3 is 0 Å². The van der Waals surface area contributed by atoms with Gasteiger partial charge in [-0.15, -0.1) is 11.3 Å². The Bertz CT molecular complexity index is 534. The fraction of sp³-hybridized carbons (Fsp3) is 0.333. The third-order valence-corrected chi connectivity index (χ3v) is 4.84. The van der Waals surface area contributed by atoms with Crippen molar-refractivity contribution in [2.75, 3.05) is 0 Å². The summed E-state index contributed by atoms with van der Waals surface area (Å²) in [6, 6.07) is 3.63. The molecular weight excluding hydrogens is 288 g/mol. The Balaban J connectivity index is 2.03. The van der Waals surface area contributed by atoms with Crippen LogP contribution in [-0.4, -0.2) is 10.3 Å². The van der Waals surface area contributed by atoms with Crippen LogP contribution in [0.2, 0.25) is 5.02 Å². The van der Waals surface area contributed by atoms with Crippen LogP contribution in [-0.2, 0) is 6.54 Å². The van der Waals surface area contributed by atoms with Crippen LogP contribution in [0.1, 0.15) is 40.0 Å². The summed E-state index contributed by atoms with van der Waals surface area (Å²) in [4.78, 5) is 13.6. The summed E-state index contributed by atoms with van der Waals surface area (Å²) >= 11 is 8.93. The first-order valence-corrected chi connectivity index (χ1v) is 7.57. The fourth-order valence-corrected chi connectivity index (χ4v) is 3.49. The van der Waals surface area contributed by atoms with Crippen LogP contribution < -0.4 is 5.32 Å². The molecule has 0 bridgehead atoms. The number of carbonyl (C=O) groups is 1. The van der Waals surface area contributed by atoms with E-state index < -0.39 is 0 Å². The SMILES string of the molecule is CC(C)c1sc(C(=O)NCc2ccsn2)cc1Cl. The van der Waals surface area contributed by atoms with Crippen molar-refractivity contribution in [1.82, 2.24) is 9.69 Å². The van der Waals surface area contributed by atoms with Gasteiger partial charge in [-0.25, -0.2) is 0 Å². The van der Waals surface area contributed by atoms with Crippen LogP contribution >= 0.6 is 34.5 Å². The Kier molecular flexibility index (Phi) is 4.37. The predicted molar refractivity (Wildman–Crippen MR) is 76.7 cm³/mol. The van der Waals surface area contributed by atoms with Gasteiger partial charge in [-0.1, -0.05) is 25.4 Å². The lowest BCUT2D eigenvalue weighted by atomic mass is 10.2. The maximum atomic E-state index is 11.9. The highest BCUT2D eigenvalue weighted by molar-refractivity contribution is 7.14. The first-order valence-electron chi connectivity index (χ1n) is 5.54. The maximum absolute atomic E-state index is 11.9. The van der Waals surface area contributed by atoms with Gasteiger partial charge in [0.2, 0.25) is 0 Å². The number of carbonyl (C=O) groups excluding carboxylic acids is 1. The number of hydrogen-bond donors (Lipinski definition) is 1. The number of nitrogens with one attached hydrogen (secondary N) is 1. The molecular formula is C12H13ClN2OS2. The average molecular weight is 301 g/mol. The molecule has 0 fully saturated rings. The molecule has 0 aliphatic heterocycles. The van der Waals surface area contributed by atoms with E-state index in [0.29, 0.717) is 22.4 Å². The van der Waals surface area contributed by atoms with Crippen molar-refractivity contribution < 1.29 is 4.79 Å². The first kappa shape index (κ1) is 13.5. The Labute approximate surface area is 119 Å². The number of hydrogen-bond acceptors (Lipinski definition) is 4. The largest absolute Gasteiger partial charge is 0.346 e. The number of nitrogens with zero attached hydrogens (tertiary/aromatic N) is 1. The minimum absolute atomic E-state index is 0.0956. The van der Waals surface area contributed by atoms with Crippen molar-refractivity contribution in [3.8, 4) is 0 Å². The van der Waals surface area contributed by atoms with Gasteiger partial charge in [-0.05, 0) is 29.6 Å². The summed E-state index contributed by atoms with van der Waals surface area (Å²) in [5, 5.41) is 5.40. The number of rotatable bonds is 4. The molecule has 18 heavy (non-hydrogen) atoms. The topological polar surface area (TPSA) is 42.0 Å². The van der Waals surface area contributed by atoms with Gasteiger partial charge in [0.25, 0.3) is 5.91 Å². The summed E-state index contributed by atoms with van der Waals surface area (Å²) in [5.74, 6) is 0.240. The second-order valence-electron chi connectivity index (χ2n) is 4.15. The van der Waals surface area contributed by atoms with Crippen molar-refractivity contribution in [1.29, 1.82) is 0 Å². The smallest absolute Gasteiger partial charge is 0.261 e.